The van der Waals surface area contributed by atoms with Crippen molar-refractivity contribution >= 4 is 0 Å². The minimum absolute atomic E-state index is 0.587. The molecule has 0 atom stereocenters. The Morgan fingerprint density at radius 3 is 3.09 bits per heavy atom. The Bertz CT molecular complexity index is 267. The Balaban J connectivity index is 2.14. The van der Waals surface area contributed by atoms with Gasteiger partial charge in [0.25, 0.3) is 0 Å². The van der Waals surface area contributed by atoms with Gasteiger partial charge in [0.15, 0.2) is 5.82 Å². The zero-order valence-corrected chi connectivity index (χ0v) is 5.73. The highest BCUT2D eigenvalue weighted by Gasteiger charge is 2.01. The first-order chi connectivity index (χ1) is 5.45. The summed E-state index contributed by atoms with van der Waals surface area (Å²) in [6.07, 6.45) is 3.51. The third-order valence-corrected chi connectivity index (χ3v) is 1.32. The maximum absolute atomic E-state index is 5.09. The lowest BCUT2D eigenvalue weighted by atomic mass is 10.3. The molecule has 0 unspecified atom stereocenters. The zero-order valence-electron chi connectivity index (χ0n) is 5.73. The molecule has 0 aliphatic rings. The molecule has 0 spiro atoms. The van der Waals surface area contributed by atoms with E-state index < -0.39 is 0 Å². The van der Waals surface area contributed by atoms with Crippen molar-refractivity contribution in [2.24, 2.45) is 0 Å². The van der Waals surface area contributed by atoms with E-state index >= 15 is 0 Å². The van der Waals surface area contributed by atoms with Crippen LogP contribution < -0.4 is 0 Å². The average molecular weight is 150 g/mol. The summed E-state index contributed by atoms with van der Waals surface area (Å²) in [7, 11) is 0. The third kappa shape index (κ3) is 1.29. The van der Waals surface area contributed by atoms with Crippen molar-refractivity contribution in [3.05, 3.63) is 36.4 Å². The smallest absolute Gasteiger partial charge is 0.213 e. The van der Waals surface area contributed by atoms with E-state index in [1.807, 2.05) is 12.1 Å². The topological polar surface area (TPSA) is 52.1 Å². The van der Waals surface area contributed by atoms with Gasteiger partial charge in [0.1, 0.15) is 5.76 Å². The lowest BCUT2D eigenvalue weighted by molar-refractivity contribution is 0.408. The molecule has 0 fully saturated rings. The van der Waals surface area contributed by atoms with Crippen molar-refractivity contribution in [3.8, 4) is 0 Å². The van der Waals surface area contributed by atoms with Crippen LogP contribution in [0.15, 0.2) is 33.7 Å². The van der Waals surface area contributed by atoms with E-state index in [2.05, 4.69) is 14.7 Å². The molecule has 11 heavy (non-hydrogen) atoms. The van der Waals surface area contributed by atoms with Gasteiger partial charge in [-0.3, -0.25) is 0 Å². The van der Waals surface area contributed by atoms with Crippen LogP contribution in [0.5, 0.6) is 0 Å². The van der Waals surface area contributed by atoms with Crippen LogP contribution in [0.25, 0.3) is 0 Å². The molecule has 4 heteroatoms. The largest absolute Gasteiger partial charge is 0.469 e. The maximum atomic E-state index is 5.09. The molecule has 0 N–H and O–H groups in total. The molecule has 0 aliphatic heterocycles. The minimum atomic E-state index is 0.587. The summed E-state index contributed by atoms with van der Waals surface area (Å²) < 4.78 is 9.65. The van der Waals surface area contributed by atoms with E-state index in [1.165, 1.54) is 6.39 Å². The van der Waals surface area contributed by atoms with Crippen molar-refractivity contribution in [2.45, 2.75) is 6.42 Å². The van der Waals surface area contributed by atoms with Gasteiger partial charge in [-0.05, 0) is 12.1 Å². The summed E-state index contributed by atoms with van der Waals surface area (Å²) in [5, 5.41) is 3.64. The molecule has 2 aromatic heterocycles. The molecule has 0 saturated carbocycles. The maximum Gasteiger partial charge on any atom is 0.213 e. The van der Waals surface area contributed by atoms with Crippen LogP contribution in [-0.2, 0) is 6.42 Å². The molecular weight excluding hydrogens is 144 g/mol. The predicted molar refractivity (Wildman–Crippen MR) is 35.8 cm³/mol. The van der Waals surface area contributed by atoms with Crippen molar-refractivity contribution in [1.29, 1.82) is 0 Å². The van der Waals surface area contributed by atoms with E-state index in [4.69, 9.17) is 4.42 Å². The highest BCUT2D eigenvalue weighted by molar-refractivity contribution is 5.04. The summed E-state index contributed by atoms with van der Waals surface area (Å²) in [6.45, 7) is 0. The molecule has 2 heterocycles. The van der Waals surface area contributed by atoms with Gasteiger partial charge in [-0.15, -0.1) is 0 Å². The second kappa shape index (κ2) is 2.57. The van der Waals surface area contributed by atoms with Crippen LogP contribution in [0.4, 0.5) is 0 Å². The first kappa shape index (κ1) is 6.15. The Kier molecular flexibility index (Phi) is 1.44. The summed E-state index contributed by atoms with van der Waals surface area (Å²) in [4.78, 5) is 3.85. The van der Waals surface area contributed by atoms with Crippen LogP contribution in [0.3, 0.4) is 0 Å². The van der Waals surface area contributed by atoms with Gasteiger partial charge in [-0.25, -0.2) is 0 Å². The molecule has 0 bridgehead atoms. The van der Waals surface area contributed by atoms with E-state index in [9.17, 15) is 0 Å². The lowest BCUT2D eigenvalue weighted by Crippen LogP contribution is -1.86. The molecular formula is C7H6N2O2. The average Bonchev–Trinajstić information content (AvgIpc) is 2.60. The molecule has 0 amide bonds. The van der Waals surface area contributed by atoms with Gasteiger partial charge in [-0.2, -0.15) is 4.98 Å². The predicted octanol–water partition coefficient (Wildman–Crippen LogP) is 1.25. The summed E-state index contributed by atoms with van der Waals surface area (Å²) in [6, 6.07) is 3.70. The van der Waals surface area contributed by atoms with E-state index in [0.717, 1.165) is 5.76 Å². The van der Waals surface area contributed by atoms with Crippen LogP contribution >= 0.6 is 0 Å². The third-order valence-electron chi connectivity index (χ3n) is 1.32. The highest BCUT2D eigenvalue weighted by atomic mass is 16.5. The Labute approximate surface area is 62.8 Å². The molecule has 0 aromatic carbocycles. The fourth-order valence-electron chi connectivity index (χ4n) is 0.839. The summed E-state index contributed by atoms with van der Waals surface area (Å²) >= 11 is 0. The molecule has 0 saturated heterocycles. The first-order valence-electron chi connectivity index (χ1n) is 3.23. The van der Waals surface area contributed by atoms with Gasteiger partial charge in [0.05, 0.1) is 12.7 Å². The van der Waals surface area contributed by atoms with Crippen LogP contribution in [-0.4, -0.2) is 10.1 Å². The second-order valence-corrected chi connectivity index (χ2v) is 2.10. The van der Waals surface area contributed by atoms with Gasteiger partial charge in [0.2, 0.25) is 6.39 Å². The summed E-state index contributed by atoms with van der Waals surface area (Å²) in [5.41, 5.74) is 0. The number of aromatic nitrogens is 2. The highest BCUT2D eigenvalue weighted by Crippen LogP contribution is 2.04. The van der Waals surface area contributed by atoms with Crippen molar-refractivity contribution in [2.75, 3.05) is 0 Å². The molecule has 4 nitrogen and oxygen atoms in total. The van der Waals surface area contributed by atoms with E-state index in [-0.39, 0.29) is 0 Å². The van der Waals surface area contributed by atoms with Gasteiger partial charge < -0.3 is 8.94 Å². The van der Waals surface area contributed by atoms with Crippen LogP contribution in [0.1, 0.15) is 11.6 Å². The second-order valence-electron chi connectivity index (χ2n) is 2.10. The van der Waals surface area contributed by atoms with E-state index in [1.54, 1.807) is 6.26 Å². The van der Waals surface area contributed by atoms with Gasteiger partial charge in [0, 0.05) is 0 Å². The molecule has 56 valence electrons. The van der Waals surface area contributed by atoms with Crippen molar-refractivity contribution < 1.29 is 8.94 Å². The molecule has 2 aromatic rings. The monoisotopic (exact) mass is 150 g/mol. The minimum Gasteiger partial charge on any atom is -0.469 e. The Morgan fingerprint density at radius 2 is 2.45 bits per heavy atom. The lowest BCUT2D eigenvalue weighted by Gasteiger charge is -1.86. The number of rotatable bonds is 2. The standard InChI is InChI=1S/C7H6N2O2/c1-2-6(10-3-1)4-7-8-5-11-9-7/h1-3,5H,4H2. The normalized spacial score (nSPS) is 10.2. The fraction of sp³-hybridized carbons (Fsp3) is 0.143. The zero-order chi connectivity index (χ0) is 7.52. The Morgan fingerprint density at radius 1 is 1.45 bits per heavy atom. The van der Waals surface area contributed by atoms with Crippen molar-refractivity contribution in [3.63, 3.8) is 0 Å². The number of furan rings is 1. The number of hydrogen-bond donors (Lipinski definition) is 0. The fourth-order valence-corrected chi connectivity index (χ4v) is 0.839. The van der Waals surface area contributed by atoms with Crippen molar-refractivity contribution in [1.82, 2.24) is 10.1 Å². The molecule has 0 radical (unpaired) electrons. The Hall–Kier alpha value is -1.58. The van der Waals surface area contributed by atoms with Gasteiger partial charge in [-0.1, -0.05) is 5.16 Å². The summed E-state index contributed by atoms with van der Waals surface area (Å²) in [5.74, 6) is 1.48. The SMILES string of the molecule is c1coc(Cc2ncon2)c1. The quantitative estimate of drug-likeness (QED) is 0.646. The van der Waals surface area contributed by atoms with Crippen LogP contribution in [0.2, 0.25) is 0 Å². The van der Waals surface area contributed by atoms with E-state index in [0.29, 0.717) is 12.2 Å². The van der Waals surface area contributed by atoms with Crippen LogP contribution in [0, 0.1) is 0 Å². The molecule has 0 aliphatic carbocycles. The molecule has 2 rings (SSSR count). The first-order valence-corrected chi connectivity index (χ1v) is 3.23. The number of hydrogen-bond acceptors (Lipinski definition) is 4. The number of nitrogens with zero attached hydrogens (tertiary/aromatic N) is 2. The van der Waals surface area contributed by atoms with Gasteiger partial charge >= 0.3 is 0 Å².